The molecule has 1 aliphatic rings. The van der Waals surface area contributed by atoms with Crippen LogP contribution in [0.5, 0.6) is 11.5 Å². The van der Waals surface area contributed by atoms with E-state index in [1.54, 1.807) is 12.1 Å². The first kappa shape index (κ1) is 20.2. The third-order valence-corrected chi connectivity index (χ3v) is 5.82. The molecule has 3 rings (SSSR count). The molecule has 2 aromatic carbocycles. The van der Waals surface area contributed by atoms with Crippen LogP contribution < -0.4 is 5.32 Å². The van der Waals surface area contributed by atoms with Gasteiger partial charge in [-0.2, -0.15) is 0 Å². The lowest BCUT2D eigenvalue weighted by Gasteiger charge is -2.12. The molecule has 144 valence electrons. The summed E-state index contributed by atoms with van der Waals surface area (Å²) in [6.45, 7) is -0.448. The van der Waals surface area contributed by atoms with Gasteiger partial charge in [0.15, 0.2) is 11.5 Å². The maximum Gasteiger partial charge on any atom is 0.294 e. The molecule has 3 N–H and O–H groups in total. The number of phenols is 2. The second kappa shape index (κ2) is 8.26. The normalized spacial score (nSPS) is 15.4. The van der Waals surface area contributed by atoms with Crippen molar-refractivity contribution in [2.75, 3.05) is 11.9 Å². The Kier molecular flexibility index (Phi) is 5.97. The fourth-order valence-electron chi connectivity index (χ4n) is 2.34. The van der Waals surface area contributed by atoms with E-state index in [9.17, 15) is 24.6 Å². The fraction of sp³-hybridized carbons (Fsp3) is 0.0556. The molecule has 28 heavy (non-hydrogen) atoms. The topological polar surface area (TPSA) is 107 Å². The standard InChI is InChI=1S/C18H12BrClN2O5S/c19-11-3-2-10(7-12(11)20)21-16(25)8-22-17(26)15(28-18(22)27)6-9-1-4-13(23)14(24)5-9/h1-7,23-24H,8H2,(H,21,25)/b15-6+. The van der Waals surface area contributed by atoms with Gasteiger partial charge in [-0.1, -0.05) is 17.7 Å². The molecule has 7 nitrogen and oxygen atoms in total. The van der Waals surface area contributed by atoms with Gasteiger partial charge in [0.1, 0.15) is 6.54 Å². The van der Waals surface area contributed by atoms with Gasteiger partial charge < -0.3 is 15.5 Å². The maximum atomic E-state index is 12.5. The van der Waals surface area contributed by atoms with Gasteiger partial charge in [0.2, 0.25) is 5.91 Å². The van der Waals surface area contributed by atoms with Crippen molar-refractivity contribution >= 4 is 68.1 Å². The highest BCUT2D eigenvalue weighted by molar-refractivity contribution is 9.10. The molecule has 1 aliphatic heterocycles. The Morgan fingerprint density at radius 2 is 1.93 bits per heavy atom. The second-order valence-corrected chi connectivity index (χ2v) is 7.95. The van der Waals surface area contributed by atoms with E-state index < -0.39 is 23.6 Å². The van der Waals surface area contributed by atoms with Crippen LogP contribution in [-0.2, 0) is 9.59 Å². The molecule has 1 saturated heterocycles. The van der Waals surface area contributed by atoms with Crippen molar-refractivity contribution < 1.29 is 24.6 Å². The van der Waals surface area contributed by atoms with E-state index >= 15 is 0 Å². The highest BCUT2D eigenvalue weighted by atomic mass is 79.9. The lowest BCUT2D eigenvalue weighted by atomic mass is 10.2. The molecule has 0 aliphatic carbocycles. The predicted octanol–water partition coefficient (Wildman–Crippen LogP) is 4.19. The summed E-state index contributed by atoms with van der Waals surface area (Å²) in [5, 5.41) is 21.3. The Morgan fingerprint density at radius 3 is 2.61 bits per heavy atom. The molecule has 0 spiro atoms. The number of amides is 3. The van der Waals surface area contributed by atoms with E-state index in [1.165, 1.54) is 30.3 Å². The number of anilines is 1. The average molecular weight is 484 g/mol. The first-order chi connectivity index (χ1) is 13.2. The Bertz CT molecular complexity index is 1030. The van der Waals surface area contributed by atoms with Gasteiger partial charge in [-0.25, -0.2) is 0 Å². The lowest BCUT2D eigenvalue weighted by molar-refractivity contribution is -0.127. The van der Waals surface area contributed by atoms with Crippen LogP contribution in [0.2, 0.25) is 5.02 Å². The van der Waals surface area contributed by atoms with Crippen molar-refractivity contribution in [1.29, 1.82) is 0 Å². The van der Waals surface area contributed by atoms with Gasteiger partial charge in [0.05, 0.1) is 9.93 Å². The summed E-state index contributed by atoms with van der Waals surface area (Å²) < 4.78 is 0.670. The number of rotatable bonds is 4. The highest BCUT2D eigenvalue weighted by Crippen LogP contribution is 2.34. The Morgan fingerprint density at radius 1 is 1.18 bits per heavy atom. The summed E-state index contributed by atoms with van der Waals surface area (Å²) in [6.07, 6.45) is 1.40. The van der Waals surface area contributed by atoms with E-state index in [0.717, 1.165) is 4.90 Å². The number of hydrogen-bond donors (Lipinski definition) is 3. The zero-order chi connectivity index (χ0) is 20.4. The number of thioether (sulfide) groups is 1. The van der Waals surface area contributed by atoms with Crippen LogP contribution in [0.1, 0.15) is 5.56 Å². The summed E-state index contributed by atoms with van der Waals surface area (Å²) >= 11 is 9.90. The van der Waals surface area contributed by atoms with Gasteiger partial charge in [-0.3, -0.25) is 19.3 Å². The predicted molar refractivity (Wildman–Crippen MR) is 110 cm³/mol. The zero-order valence-corrected chi connectivity index (χ0v) is 17.1. The number of imide groups is 1. The largest absolute Gasteiger partial charge is 0.504 e. The van der Waals surface area contributed by atoms with Crippen molar-refractivity contribution in [3.8, 4) is 11.5 Å². The van der Waals surface area contributed by atoms with Gasteiger partial charge in [0, 0.05) is 10.2 Å². The minimum Gasteiger partial charge on any atom is -0.504 e. The molecule has 2 aromatic rings. The number of nitrogens with one attached hydrogen (secondary N) is 1. The Hall–Kier alpha value is -2.49. The summed E-state index contributed by atoms with van der Waals surface area (Å²) in [5.41, 5.74) is 0.857. The van der Waals surface area contributed by atoms with Crippen molar-refractivity contribution in [2.24, 2.45) is 0 Å². The van der Waals surface area contributed by atoms with E-state index in [4.69, 9.17) is 11.6 Å². The highest BCUT2D eigenvalue weighted by Gasteiger charge is 2.36. The van der Waals surface area contributed by atoms with Crippen LogP contribution in [0.25, 0.3) is 6.08 Å². The molecular formula is C18H12BrClN2O5S. The first-order valence-electron chi connectivity index (χ1n) is 7.77. The Balaban J connectivity index is 1.70. The van der Waals surface area contributed by atoms with E-state index in [2.05, 4.69) is 21.2 Å². The quantitative estimate of drug-likeness (QED) is 0.445. The third kappa shape index (κ3) is 4.49. The summed E-state index contributed by atoms with van der Waals surface area (Å²) in [7, 11) is 0. The van der Waals surface area contributed by atoms with Crippen molar-refractivity contribution in [1.82, 2.24) is 4.90 Å². The average Bonchev–Trinajstić information content (AvgIpc) is 2.89. The van der Waals surface area contributed by atoms with E-state index in [1.807, 2.05) is 0 Å². The van der Waals surface area contributed by atoms with Crippen molar-refractivity contribution in [2.45, 2.75) is 0 Å². The van der Waals surface area contributed by atoms with Crippen LogP contribution in [0.4, 0.5) is 10.5 Å². The van der Waals surface area contributed by atoms with E-state index in [0.29, 0.717) is 32.5 Å². The molecule has 0 radical (unpaired) electrons. The molecular weight excluding hydrogens is 472 g/mol. The van der Waals surface area contributed by atoms with Gasteiger partial charge in [-0.05, 0) is 69.7 Å². The van der Waals surface area contributed by atoms with Crippen LogP contribution in [-0.4, -0.2) is 38.7 Å². The number of phenolic OH excluding ortho intramolecular Hbond substituents is 2. The number of hydrogen-bond acceptors (Lipinski definition) is 6. The number of aromatic hydroxyl groups is 2. The zero-order valence-electron chi connectivity index (χ0n) is 14.0. The number of benzene rings is 2. The first-order valence-corrected chi connectivity index (χ1v) is 9.75. The van der Waals surface area contributed by atoms with Crippen LogP contribution in [0.3, 0.4) is 0 Å². The molecule has 0 saturated carbocycles. The Labute approximate surface area is 177 Å². The molecule has 1 heterocycles. The summed E-state index contributed by atoms with van der Waals surface area (Å²) in [5.74, 6) is -1.81. The third-order valence-electron chi connectivity index (χ3n) is 3.68. The molecule has 3 amide bonds. The number of carbonyl (C=O) groups is 3. The molecule has 0 unspecified atom stereocenters. The van der Waals surface area contributed by atoms with Gasteiger partial charge >= 0.3 is 0 Å². The van der Waals surface area contributed by atoms with Crippen LogP contribution in [0, 0.1) is 0 Å². The SMILES string of the molecule is O=C(CN1C(=O)S/C(=C/c2ccc(O)c(O)c2)C1=O)Nc1ccc(Br)c(Cl)c1. The van der Waals surface area contributed by atoms with Gasteiger partial charge in [-0.15, -0.1) is 0 Å². The van der Waals surface area contributed by atoms with Crippen molar-refractivity contribution in [3.63, 3.8) is 0 Å². The fourth-order valence-corrected chi connectivity index (χ4v) is 3.60. The number of carbonyl (C=O) groups excluding carboxylic acids is 3. The molecule has 0 atom stereocenters. The smallest absolute Gasteiger partial charge is 0.294 e. The van der Waals surface area contributed by atoms with Gasteiger partial charge in [0.25, 0.3) is 11.1 Å². The summed E-state index contributed by atoms with van der Waals surface area (Å²) in [6, 6.07) is 8.82. The minimum atomic E-state index is -0.619. The molecule has 0 aromatic heterocycles. The monoisotopic (exact) mass is 482 g/mol. The maximum absolute atomic E-state index is 12.5. The summed E-state index contributed by atoms with van der Waals surface area (Å²) in [4.78, 5) is 37.7. The molecule has 10 heteroatoms. The number of nitrogens with zero attached hydrogens (tertiary/aromatic N) is 1. The molecule has 0 bridgehead atoms. The number of halogens is 2. The molecule has 1 fully saturated rings. The van der Waals surface area contributed by atoms with E-state index in [-0.39, 0.29) is 16.4 Å². The second-order valence-electron chi connectivity index (χ2n) is 5.69. The van der Waals surface area contributed by atoms with Crippen LogP contribution >= 0.6 is 39.3 Å². The van der Waals surface area contributed by atoms with Crippen LogP contribution in [0.15, 0.2) is 45.8 Å². The lowest BCUT2D eigenvalue weighted by Crippen LogP contribution is -2.36. The van der Waals surface area contributed by atoms with Crippen molar-refractivity contribution in [3.05, 3.63) is 56.4 Å². The minimum absolute atomic E-state index is 0.106.